The Hall–Kier alpha value is -1.02. The maximum Gasteiger partial charge on any atom is 0.122 e. The van der Waals surface area contributed by atoms with Crippen LogP contribution in [0.15, 0.2) is 12.1 Å². The fraction of sp³-hybridized carbons (Fsp3) is 0.538. The van der Waals surface area contributed by atoms with Gasteiger partial charge in [-0.2, -0.15) is 0 Å². The third kappa shape index (κ3) is 1.74. The van der Waals surface area contributed by atoms with Crippen molar-refractivity contribution in [1.29, 1.82) is 0 Å². The molecule has 1 aliphatic carbocycles. The van der Waals surface area contributed by atoms with Crippen LogP contribution in [-0.4, -0.2) is 13.7 Å². The summed E-state index contributed by atoms with van der Waals surface area (Å²) in [5.74, 6) is 1.70. The number of aryl methyl sites for hydroxylation is 1. The Morgan fingerprint density at radius 2 is 2.27 bits per heavy atom. The lowest BCUT2D eigenvalue weighted by Crippen LogP contribution is -2.06. The zero-order valence-corrected chi connectivity index (χ0v) is 9.55. The summed E-state index contributed by atoms with van der Waals surface area (Å²) in [7, 11) is 1.75. The van der Waals surface area contributed by atoms with E-state index in [2.05, 4.69) is 19.1 Å². The molecule has 2 N–H and O–H groups in total. The number of hydrogen-bond acceptors (Lipinski definition) is 2. The van der Waals surface area contributed by atoms with E-state index in [-0.39, 0.29) is 0 Å². The molecule has 0 saturated heterocycles. The van der Waals surface area contributed by atoms with E-state index in [1.54, 1.807) is 7.11 Å². The molecule has 1 aromatic carbocycles. The molecule has 2 heteroatoms. The first kappa shape index (κ1) is 10.5. The van der Waals surface area contributed by atoms with E-state index in [0.29, 0.717) is 5.92 Å². The van der Waals surface area contributed by atoms with Gasteiger partial charge in [0.2, 0.25) is 0 Å². The predicted octanol–water partition coefficient (Wildman–Crippen LogP) is 2.38. The fourth-order valence-electron chi connectivity index (χ4n) is 2.73. The Morgan fingerprint density at radius 3 is 2.93 bits per heavy atom. The second-order valence-corrected chi connectivity index (χ2v) is 4.29. The Labute approximate surface area is 91.4 Å². The summed E-state index contributed by atoms with van der Waals surface area (Å²) in [4.78, 5) is 0. The van der Waals surface area contributed by atoms with Gasteiger partial charge in [0.1, 0.15) is 5.75 Å². The minimum absolute atomic E-state index is 0.653. The highest BCUT2D eigenvalue weighted by Gasteiger charge is 2.26. The van der Waals surface area contributed by atoms with Gasteiger partial charge in [-0.1, -0.05) is 6.07 Å². The number of ether oxygens (including phenoxy) is 1. The van der Waals surface area contributed by atoms with Crippen LogP contribution in [0.1, 0.15) is 35.4 Å². The lowest BCUT2D eigenvalue weighted by molar-refractivity contribution is 0.410. The maximum atomic E-state index is 5.65. The van der Waals surface area contributed by atoms with Gasteiger partial charge in [0, 0.05) is 0 Å². The summed E-state index contributed by atoms with van der Waals surface area (Å²) in [5, 5.41) is 0. The Kier molecular flexibility index (Phi) is 2.96. The monoisotopic (exact) mass is 205 g/mol. The number of methoxy groups -OCH3 is 1. The van der Waals surface area contributed by atoms with E-state index in [0.717, 1.165) is 25.1 Å². The summed E-state index contributed by atoms with van der Waals surface area (Å²) in [6, 6.07) is 4.24. The normalized spacial score (nSPS) is 19.0. The van der Waals surface area contributed by atoms with Gasteiger partial charge in [0.25, 0.3) is 0 Å². The molecule has 0 radical (unpaired) electrons. The molecule has 1 aromatic rings. The van der Waals surface area contributed by atoms with Crippen LogP contribution in [0.5, 0.6) is 5.75 Å². The summed E-state index contributed by atoms with van der Waals surface area (Å²) in [5.41, 5.74) is 9.96. The number of benzene rings is 1. The van der Waals surface area contributed by atoms with Gasteiger partial charge in [0.15, 0.2) is 0 Å². The standard InChI is InChI=1S/C13H19NO/c1-9-3-6-12(15-2)11-5-4-10(7-8-14)13(9)11/h3,6,10H,4-5,7-8,14H2,1-2H3. The van der Waals surface area contributed by atoms with Crippen LogP contribution in [0, 0.1) is 6.92 Å². The molecular weight excluding hydrogens is 186 g/mol. The lowest BCUT2D eigenvalue weighted by atomic mass is 9.93. The zero-order chi connectivity index (χ0) is 10.8. The zero-order valence-electron chi connectivity index (χ0n) is 9.55. The molecule has 15 heavy (non-hydrogen) atoms. The van der Waals surface area contributed by atoms with Crippen molar-refractivity contribution in [3.8, 4) is 5.75 Å². The highest BCUT2D eigenvalue weighted by molar-refractivity contribution is 5.49. The van der Waals surface area contributed by atoms with Crippen LogP contribution in [0.3, 0.4) is 0 Å². The van der Waals surface area contributed by atoms with Crippen molar-refractivity contribution in [2.75, 3.05) is 13.7 Å². The van der Waals surface area contributed by atoms with E-state index in [9.17, 15) is 0 Å². The minimum atomic E-state index is 0.653. The lowest BCUT2D eigenvalue weighted by Gasteiger charge is -2.14. The van der Waals surface area contributed by atoms with Crippen LogP contribution in [0.25, 0.3) is 0 Å². The van der Waals surface area contributed by atoms with Crippen LogP contribution >= 0.6 is 0 Å². The van der Waals surface area contributed by atoms with Crippen molar-refractivity contribution in [3.05, 3.63) is 28.8 Å². The SMILES string of the molecule is COc1ccc(C)c2c1CCC2CCN. The van der Waals surface area contributed by atoms with Gasteiger partial charge in [-0.3, -0.25) is 0 Å². The smallest absolute Gasteiger partial charge is 0.122 e. The molecule has 0 fully saturated rings. The molecule has 2 nitrogen and oxygen atoms in total. The molecule has 0 bridgehead atoms. The van der Waals surface area contributed by atoms with Gasteiger partial charge in [-0.05, 0) is 61.4 Å². The van der Waals surface area contributed by atoms with Crippen molar-refractivity contribution in [1.82, 2.24) is 0 Å². The fourth-order valence-corrected chi connectivity index (χ4v) is 2.73. The molecule has 0 spiro atoms. The highest BCUT2D eigenvalue weighted by atomic mass is 16.5. The number of fused-ring (bicyclic) bond motifs is 1. The molecule has 0 saturated carbocycles. The molecular formula is C13H19NO. The summed E-state index contributed by atoms with van der Waals surface area (Å²) in [6.45, 7) is 2.97. The maximum absolute atomic E-state index is 5.65. The van der Waals surface area contributed by atoms with Crippen molar-refractivity contribution in [3.63, 3.8) is 0 Å². The second kappa shape index (κ2) is 4.23. The molecule has 1 atom stereocenters. The second-order valence-electron chi connectivity index (χ2n) is 4.29. The molecule has 1 unspecified atom stereocenters. The van der Waals surface area contributed by atoms with Crippen molar-refractivity contribution in [2.24, 2.45) is 5.73 Å². The van der Waals surface area contributed by atoms with E-state index >= 15 is 0 Å². The third-order valence-corrected chi connectivity index (χ3v) is 3.42. The molecule has 0 heterocycles. The number of rotatable bonds is 3. The van der Waals surface area contributed by atoms with Crippen molar-refractivity contribution < 1.29 is 4.74 Å². The van der Waals surface area contributed by atoms with Gasteiger partial charge in [0.05, 0.1) is 7.11 Å². The van der Waals surface area contributed by atoms with Crippen LogP contribution in [0.2, 0.25) is 0 Å². The average molecular weight is 205 g/mol. The Morgan fingerprint density at radius 1 is 1.47 bits per heavy atom. The quantitative estimate of drug-likeness (QED) is 0.822. The predicted molar refractivity (Wildman–Crippen MR) is 62.5 cm³/mol. The molecule has 0 amide bonds. The molecule has 0 aromatic heterocycles. The molecule has 0 aliphatic heterocycles. The first-order chi connectivity index (χ1) is 7.27. The summed E-state index contributed by atoms with van der Waals surface area (Å²) < 4.78 is 5.41. The van der Waals surface area contributed by atoms with Gasteiger partial charge in [-0.15, -0.1) is 0 Å². The van der Waals surface area contributed by atoms with Crippen LogP contribution in [-0.2, 0) is 6.42 Å². The van der Waals surface area contributed by atoms with E-state index < -0.39 is 0 Å². The van der Waals surface area contributed by atoms with Gasteiger partial charge < -0.3 is 10.5 Å². The van der Waals surface area contributed by atoms with Crippen molar-refractivity contribution >= 4 is 0 Å². The molecule has 1 aliphatic rings. The largest absolute Gasteiger partial charge is 0.496 e. The summed E-state index contributed by atoms with van der Waals surface area (Å²) in [6.07, 6.45) is 3.47. The summed E-state index contributed by atoms with van der Waals surface area (Å²) >= 11 is 0. The van der Waals surface area contributed by atoms with E-state index in [1.807, 2.05) is 0 Å². The Balaban J connectivity index is 2.42. The van der Waals surface area contributed by atoms with Crippen LogP contribution < -0.4 is 10.5 Å². The topological polar surface area (TPSA) is 35.2 Å². The molecule has 2 rings (SSSR count). The molecule has 82 valence electrons. The van der Waals surface area contributed by atoms with E-state index in [4.69, 9.17) is 10.5 Å². The first-order valence-corrected chi connectivity index (χ1v) is 5.64. The minimum Gasteiger partial charge on any atom is -0.496 e. The van der Waals surface area contributed by atoms with Gasteiger partial charge in [-0.25, -0.2) is 0 Å². The first-order valence-electron chi connectivity index (χ1n) is 5.64. The van der Waals surface area contributed by atoms with Crippen LogP contribution in [0.4, 0.5) is 0 Å². The highest BCUT2D eigenvalue weighted by Crippen LogP contribution is 2.41. The number of hydrogen-bond donors (Lipinski definition) is 1. The van der Waals surface area contributed by atoms with Gasteiger partial charge >= 0.3 is 0 Å². The Bertz CT molecular complexity index is 360. The average Bonchev–Trinajstić information content (AvgIpc) is 2.64. The third-order valence-electron chi connectivity index (χ3n) is 3.42. The van der Waals surface area contributed by atoms with Crippen molar-refractivity contribution in [2.45, 2.75) is 32.1 Å². The number of nitrogens with two attached hydrogens (primary N) is 1. The van der Waals surface area contributed by atoms with E-state index in [1.165, 1.54) is 23.1 Å².